The van der Waals surface area contributed by atoms with E-state index in [1.165, 1.54) is 18.3 Å². The largest absolute Gasteiger partial charge is 0.466 e. The van der Waals surface area contributed by atoms with Crippen molar-refractivity contribution in [1.82, 2.24) is 0 Å². The molecule has 0 amide bonds. The van der Waals surface area contributed by atoms with Crippen LogP contribution >= 0.6 is 0 Å². The number of allylic oxidation sites excluding steroid dienone is 3. The van der Waals surface area contributed by atoms with Crippen LogP contribution in [0.2, 0.25) is 0 Å². The number of hydrogen-bond donors (Lipinski definition) is 0. The number of carbonyl (C=O) groups is 1. The Labute approximate surface area is 105 Å². The third-order valence-corrected chi connectivity index (χ3v) is 4.76. The van der Waals surface area contributed by atoms with Crippen LogP contribution in [0.3, 0.4) is 0 Å². The van der Waals surface area contributed by atoms with Gasteiger partial charge in [0.1, 0.15) is 0 Å². The monoisotopic (exact) mass is 236 g/mol. The maximum Gasteiger partial charge on any atom is 0.334 e. The van der Waals surface area contributed by atoms with Gasteiger partial charge in [0.2, 0.25) is 0 Å². The van der Waals surface area contributed by atoms with Crippen LogP contribution in [-0.2, 0) is 9.53 Å². The second kappa shape index (κ2) is 4.01. The zero-order valence-electron chi connectivity index (χ0n) is 12.3. The first-order valence-corrected chi connectivity index (χ1v) is 6.07. The number of esters is 1. The van der Waals surface area contributed by atoms with Gasteiger partial charge in [0.05, 0.1) is 7.11 Å². The maximum absolute atomic E-state index is 12.0. The summed E-state index contributed by atoms with van der Waals surface area (Å²) in [5.74, 6) is -0.201. The normalized spacial score (nSPS) is 22.8. The fourth-order valence-corrected chi connectivity index (χ4v) is 2.70. The van der Waals surface area contributed by atoms with E-state index in [9.17, 15) is 4.79 Å². The highest BCUT2D eigenvalue weighted by molar-refractivity contribution is 5.92. The SMILES string of the molecule is COC(=O)C1=C(C)C(C)(C)C(C)=C(C)C1(C)C. The smallest absolute Gasteiger partial charge is 0.334 e. The second-order valence-corrected chi connectivity index (χ2v) is 5.99. The summed E-state index contributed by atoms with van der Waals surface area (Å²) in [6, 6.07) is 0. The predicted molar refractivity (Wildman–Crippen MR) is 70.7 cm³/mol. The molecule has 1 rings (SSSR count). The van der Waals surface area contributed by atoms with Gasteiger partial charge in [-0.3, -0.25) is 0 Å². The van der Waals surface area contributed by atoms with E-state index in [0.29, 0.717) is 0 Å². The summed E-state index contributed by atoms with van der Waals surface area (Å²) < 4.78 is 4.95. The van der Waals surface area contributed by atoms with Gasteiger partial charge >= 0.3 is 5.97 Å². The summed E-state index contributed by atoms with van der Waals surface area (Å²) in [6.45, 7) is 14.8. The zero-order valence-corrected chi connectivity index (χ0v) is 12.3. The van der Waals surface area contributed by atoms with Crippen LogP contribution in [0.1, 0.15) is 48.5 Å². The number of carbonyl (C=O) groups excluding carboxylic acids is 1. The Kier molecular flexibility index (Phi) is 3.30. The maximum atomic E-state index is 12.0. The molecule has 2 heteroatoms. The Bertz CT molecular complexity index is 420. The molecule has 0 aliphatic heterocycles. The molecule has 0 fully saturated rings. The molecule has 0 saturated heterocycles. The number of rotatable bonds is 1. The Morgan fingerprint density at radius 3 is 1.71 bits per heavy atom. The van der Waals surface area contributed by atoms with E-state index in [2.05, 4.69) is 41.5 Å². The molecule has 2 nitrogen and oxygen atoms in total. The molecule has 0 saturated carbocycles. The average molecular weight is 236 g/mol. The lowest BCUT2D eigenvalue weighted by molar-refractivity contribution is -0.137. The Morgan fingerprint density at radius 2 is 1.29 bits per heavy atom. The van der Waals surface area contributed by atoms with Crippen LogP contribution in [-0.4, -0.2) is 13.1 Å². The average Bonchev–Trinajstić information content (AvgIpc) is 2.24. The van der Waals surface area contributed by atoms with E-state index >= 15 is 0 Å². The minimum atomic E-state index is -0.239. The Morgan fingerprint density at radius 1 is 0.882 bits per heavy atom. The highest BCUT2D eigenvalue weighted by atomic mass is 16.5. The van der Waals surface area contributed by atoms with Crippen molar-refractivity contribution >= 4 is 5.97 Å². The quantitative estimate of drug-likeness (QED) is 0.510. The number of methoxy groups -OCH3 is 1. The molecule has 0 aromatic carbocycles. The molecule has 0 atom stereocenters. The standard InChI is InChI=1S/C15H24O2/c1-9-10(2)15(6,7)12(13(16)17-8)11(3)14(9,4)5/h1-8H3. The number of ether oxygens (including phenoxy) is 1. The summed E-state index contributed by atoms with van der Waals surface area (Å²) >= 11 is 0. The second-order valence-electron chi connectivity index (χ2n) is 5.99. The lowest BCUT2D eigenvalue weighted by atomic mass is 9.61. The molecule has 0 unspecified atom stereocenters. The molecule has 1 aliphatic rings. The zero-order chi connectivity index (χ0) is 13.6. The third-order valence-electron chi connectivity index (χ3n) is 4.76. The topological polar surface area (TPSA) is 26.3 Å². The molecular formula is C15H24O2. The van der Waals surface area contributed by atoms with E-state index in [4.69, 9.17) is 4.74 Å². The molecule has 0 aromatic rings. The summed E-state index contributed by atoms with van der Waals surface area (Å²) in [4.78, 5) is 12.0. The lowest BCUT2D eigenvalue weighted by Crippen LogP contribution is -2.35. The van der Waals surface area contributed by atoms with Crippen molar-refractivity contribution in [2.45, 2.75) is 48.5 Å². The van der Waals surface area contributed by atoms with Crippen LogP contribution in [0.4, 0.5) is 0 Å². The van der Waals surface area contributed by atoms with Crippen molar-refractivity contribution in [3.63, 3.8) is 0 Å². The Balaban J connectivity index is 3.56. The first kappa shape index (κ1) is 14.0. The summed E-state index contributed by atoms with van der Waals surface area (Å²) in [6.07, 6.45) is 0. The van der Waals surface area contributed by atoms with Crippen molar-refractivity contribution in [3.05, 3.63) is 22.3 Å². The van der Waals surface area contributed by atoms with Gasteiger partial charge in [0, 0.05) is 16.4 Å². The molecule has 0 N–H and O–H groups in total. The van der Waals surface area contributed by atoms with E-state index in [0.717, 1.165) is 11.1 Å². The fourth-order valence-electron chi connectivity index (χ4n) is 2.70. The van der Waals surface area contributed by atoms with Gasteiger partial charge in [-0.25, -0.2) is 4.79 Å². The van der Waals surface area contributed by atoms with Crippen molar-refractivity contribution in [1.29, 1.82) is 0 Å². The number of hydrogen-bond acceptors (Lipinski definition) is 2. The molecule has 1 aliphatic carbocycles. The van der Waals surface area contributed by atoms with E-state index in [1.807, 2.05) is 6.92 Å². The van der Waals surface area contributed by atoms with Crippen LogP contribution in [0.15, 0.2) is 22.3 Å². The minimum absolute atomic E-state index is 0.0663. The fraction of sp³-hybridized carbons (Fsp3) is 0.667. The highest BCUT2D eigenvalue weighted by Crippen LogP contribution is 2.51. The van der Waals surface area contributed by atoms with Crippen LogP contribution in [0.5, 0.6) is 0 Å². The van der Waals surface area contributed by atoms with Gasteiger partial charge in [-0.1, -0.05) is 44.4 Å². The molecule has 0 radical (unpaired) electrons. The van der Waals surface area contributed by atoms with E-state index < -0.39 is 0 Å². The first-order valence-electron chi connectivity index (χ1n) is 6.07. The van der Waals surface area contributed by atoms with Crippen LogP contribution in [0, 0.1) is 10.8 Å². The van der Waals surface area contributed by atoms with Crippen molar-refractivity contribution in [2.24, 2.45) is 10.8 Å². The first-order chi connectivity index (χ1) is 7.58. The van der Waals surface area contributed by atoms with Crippen LogP contribution in [0.25, 0.3) is 0 Å². The summed E-state index contributed by atoms with van der Waals surface area (Å²) in [7, 11) is 1.45. The molecular weight excluding hydrogens is 212 g/mol. The molecule has 0 aromatic heterocycles. The van der Waals surface area contributed by atoms with E-state index in [-0.39, 0.29) is 16.8 Å². The molecule has 96 valence electrons. The van der Waals surface area contributed by atoms with Gasteiger partial charge in [-0.2, -0.15) is 0 Å². The van der Waals surface area contributed by atoms with E-state index in [1.54, 1.807) is 0 Å². The predicted octanol–water partition coefficient (Wildman–Crippen LogP) is 3.88. The summed E-state index contributed by atoms with van der Waals surface area (Å²) in [5, 5.41) is 0. The van der Waals surface area contributed by atoms with Gasteiger partial charge in [-0.05, 0) is 20.8 Å². The van der Waals surface area contributed by atoms with Crippen molar-refractivity contribution in [3.8, 4) is 0 Å². The molecule has 0 spiro atoms. The van der Waals surface area contributed by atoms with Crippen molar-refractivity contribution < 1.29 is 9.53 Å². The molecule has 0 heterocycles. The molecule has 17 heavy (non-hydrogen) atoms. The Hall–Kier alpha value is -1.05. The van der Waals surface area contributed by atoms with Crippen molar-refractivity contribution in [2.75, 3.05) is 7.11 Å². The van der Waals surface area contributed by atoms with Gasteiger partial charge in [0.15, 0.2) is 0 Å². The molecule has 0 bridgehead atoms. The van der Waals surface area contributed by atoms with Crippen LogP contribution < -0.4 is 0 Å². The van der Waals surface area contributed by atoms with Gasteiger partial charge in [0.25, 0.3) is 0 Å². The third kappa shape index (κ3) is 1.84. The van der Waals surface area contributed by atoms with Gasteiger partial charge in [-0.15, -0.1) is 0 Å². The highest BCUT2D eigenvalue weighted by Gasteiger charge is 2.43. The lowest BCUT2D eigenvalue weighted by Gasteiger charge is -2.43. The van der Waals surface area contributed by atoms with Gasteiger partial charge < -0.3 is 4.74 Å². The minimum Gasteiger partial charge on any atom is -0.466 e. The summed E-state index contributed by atoms with van der Waals surface area (Å²) in [5.41, 5.74) is 4.26.